The van der Waals surface area contributed by atoms with E-state index in [1.54, 1.807) is 0 Å². The van der Waals surface area contributed by atoms with Crippen molar-refractivity contribution in [3.8, 4) is 0 Å². The minimum absolute atomic E-state index is 0.123. The molecule has 0 heterocycles. The summed E-state index contributed by atoms with van der Waals surface area (Å²) in [5.41, 5.74) is 1.05. The highest BCUT2D eigenvalue weighted by atomic mass is 35.5. The van der Waals surface area contributed by atoms with Crippen LogP contribution in [0.1, 0.15) is 31.2 Å². The molecule has 1 atom stereocenters. The third-order valence-electron chi connectivity index (χ3n) is 3.98. The molecule has 4 N–H and O–H groups in total. The van der Waals surface area contributed by atoms with Crippen molar-refractivity contribution in [1.82, 2.24) is 0 Å². The van der Waals surface area contributed by atoms with Crippen LogP contribution in [-0.2, 0) is 11.3 Å². The van der Waals surface area contributed by atoms with Crippen LogP contribution in [0.2, 0.25) is 5.02 Å². The lowest BCUT2D eigenvalue weighted by Crippen LogP contribution is -2.92. The fourth-order valence-corrected chi connectivity index (χ4v) is 2.77. The third kappa shape index (κ3) is 6.32. The Morgan fingerprint density at radius 1 is 1.19 bits per heavy atom. The average molecular weight is 315 g/mol. The fraction of sp³-hybridized carbons (Fsp3) is 0.625. The molecule has 0 radical (unpaired) electrons. The number of hydrogen-bond acceptors (Lipinski definition) is 3. The van der Waals surface area contributed by atoms with Gasteiger partial charge in [-0.05, 0) is 30.5 Å². The molecule has 0 saturated heterocycles. The maximum Gasteiger partial charge on any atom is 0.126 e. The van der Waals surface area contributed by atoms with Crippen LogP contribution in [0, 0.1) is 0 Å². The molecule has 21 heavy (non-hydrogen) atoms. The number of aliphatic hydroxyl groups is 2. The number of benzene rings is 1. The average Bonchev–Trinajstić information content (AvgIpc) is 2.49. The summed E-state index contributed by atoms with van der Waals surface area (Å²) in [4.78, 5) is 0. The maximum absolute atomic E-state index is 9.93. The van der Waals surface area contributed by atoms with Crippen LogP contribution in [-0.4, -0.2) is 41.6 Å². The molecular formula is C16H25ClNO3+. The van der Waals surface area contributed by atoms with E-state index in [1.807, 2.05) is 24.3 Å². The lowest BCUT2D eigenvalue weighted by atomic mass is 9.93. The molecule has 0 unspecified atom stereocenters. The van der Waals surface area contributed by atoms with Gasteiger partial charge in [0.1, 0.15) is 12.6 Å². The van der Waals surface area contributed by atoms with Gasteiger partial charge < -0.3 is 20.3 Å². The van der Waals surface area contributed by atoms with Gasteiger partial charge >= 0.3 is 0 Å². The Morgan fingerprint density at radius 3 is 2.52 bits per heavy atom. The number of hydrogen-bond donors (Lipinski definition) is 3. The van der Waals surface area contributed by atoms with Gasteiger partial charge in [-0.2, -0.15) is 0 Å². The first-order valence-corrected chi connectivity index (χ1v) is 8.03. The van der Waals surface area contributed by atoms with Gasteiger partial charge in [-0.3, -0.25) is 0 Å². The van der Waals surface area contributed by atoms with Crippen LogP contribution < -0.4 is 5.32 Å². The number of aliphatic hydroxyl groups excluding tert-OH is 2. The summed E-state index contributed by atoms with van der Waals surface area (Å²) in [5, 5.41) is 22.3. The van der Waals surface area contributed by atoms with Gasteiger partial charge in [0.25, 0.3) is 0 Å². The Bertz CT molecular complexity index is 404. The van der Waals surface area contributed by atoms with Crippen LogP contribution in [0.4, 0.5) is 0 Å². The predicted octanol–water partition coefficient (Wildman–Crippen LogP) is 1.08. The molecular weight excluding hydrogens is 290 g/mol. The molecule has 0 amide bonds. The van der Waals surface area contributed by atoms with Gasteiger partial charge in [0.2, 0.25) is 0 Å². The standard InChI is InChI=1S/C16H24ClNO3/c17-13-3-1-12(2-4-13)10-21-11-16(20)9-18-14-5-7-15(19)8-6-14/h1-4,14-16,18-20H,5-11H2/p+1/t14?,15?,16-/m1/s1. The van der Waals surface area contributed by atoms with E-state index in [0.717, 1.165) is 31.2 Å². The van der Waals surface area contributed by atoms with Gasteiger partial charge in [0.15, 0.2) is 0 Å². The minimum Gasteiger partial charge on any atom is -0.393 e. The molecule has 0 aromatic heterocycles. The summed E-state index contributed by atoms with van der Waals surface area (Å²) in [5.74, 6) is 0. The molecule has 1 aliphatic carbocycles. The Kier molecular flexibility index (Phi) is 6.93. The molecule has 1 aromatic carbocycles. The van der Waals surface area contributed by atoms with E-state index in [2.05, 4.69) is 5.32 Å². The summed E-state index contributed by atoms with van der Waals surface area (Å²) in [7, 11) is 0. The number of rotatable bonds is 7. The smallest absolute Gasteiger partial charge is 0.126 e. The first-order chi connectivity index (χ1) is 10.1. The first kappa shape index (κ1) is 16.7. The molecule has 0 aliphatic heterocycles. The van der Waals surface area contributed by atoms with Crippen molar-refractivity contribution in [1.29, 1.82) is 0 Å². The minimum atomic E-state index is -0.454. The van der Waals surface area contributed by atoms with Gasteiger partial charge in [0.05, 0.1) is 25.4 Å². The largest absolute Gasteiger partial charge is 0.393 e. The lowest BCUT2D eigenvalue weighted by Gasteiger charge is -2.24. The van der Waals surface area contributed by atoms with E-state index in [0.29, 0.717) is 30.8 Å². The Labute approximate surface area is 131 Å². The molecule has 2 rings (SSSR count). The van der Waals surface area contributed by atoms with Gasteiger partial charge in [-0.25, -0.2) is 0 Å². The number of quaternary nitrogens is 1. The molecule has 1 fully saturated rings. The summed E-state index contributed by atoms with van der Waals surface area (Å²) >= 11 is 5.82. The maximum atomic E-state index is 9.93. The second-order valence-corrected chi connectivity index (χ2v) is 6.27. The number of ether oxygens (including phenoxy) is 1. The van der Waals surface area contributed by atoms with Gasteiger partial charge in [-0.1, -0.05) is 23.7 Å². The molecule has 1 saturated carbocycles. The highest BCUT2D eigenvalue weighted by Gasteiger charge is 2.22. The van der Waals surface area contributed by atoms with Crippen molar-refractivity contribution in [3.05, 3.63) is 34.9 Å². The third-order valence-corrected chi connectivity index (χ3v) is 4.23. The van der Waals surface area contributed by atoms with Crippen molar-refractivity contribution in [3.63, 3.8) is 0 Å². The summed E-state index contributed by atoms with van der Waals surface area (Å²) in [6.45, 7) is 1.49. The van der Waals surface area contributed by atoms with Crippen molar-refractivity contribution >= 4 is 11.6 Å². The van der Waals surface area contributed by atoms with Gasteiger partial charge in [0, 0.05) is 17.9 Å². The van der Waals surface area contributed by atoms with E-state index in [4.69, 9.17) is 16.3 Å². The fourth-order valence-electron chi connectivity index (χ4n) is 2.65. The second-order valence-electron chi connectivity index (χ2n) is 5.84. The predicted molar refractivity (Wildman–Crippen MR) is 82.2 cm³/mol. The van der Waals surface area contributed by atoms with Crippen molar-refractivity contribution < 1.29 is 20.3 Å². The van der Waals surface area contributed by atoms with E-state index in [1.165, 1.54) is 0 Å². The van der Waals surface area contributed by atoms with Crippen molar-refractivity contribution in [2.45, 2.75) is 50.5 Å². The first-order valence-electron chi connectivity index (χ1n) is 7.65. The Morgan fingerprint density at radius 2 is 1.86 bits per heavy atom. The summed E-state index contributed by atoms with van der Waals surface area (Å²) in [6, 6.07) is 8.05. The van der Waals surface area contributed by atoms with Crippen LogP contribution in [0.25, 0.3) is 0 Å². The summed E-state index contributed by atoms with van der Waals surface area (Å²) in [6.07, 6.45) is 3.24. The molecule has 0 bridgehead atoms. The van der Waals surface area contributed by atoms with Crippen LogP contribution >= 0.6 is 11.6 Å². The highest BCUT2D eigenvalue weighted by molar-refractivity contribution is 6.30. The molecule has 5 heteroatoms. The highest BCUT2D eigenvalue weighted by Crippen LogP contribution is 2.15. The van der Waals surface area contributed by atoms with Crippen LogP contribution in [0.15, 0.2) is 24.3 Å². The zero-order chi connectivity index (χ0) is 15.1. The molecule has 118 valence electrons. The second kappa shape index (κ2) is 8.71. The van der Waals surface area contributed by atoms with Crippen molar-refractivity contribution in [2.75, 3.05) is 13.2 Å². The zero-order valence-corrected chi connectivity index (χ0v) is 13.0. The molecule has 1 aliphatic rings. The van der Waals surface area contributed by atoms with E-state index >= 15 is 0 Å². The normalized spacial score (nSPS) is 24.0. The van der Waals surface area contributed by atoms with E-state index in [-0.39, 0.29) is 6.10 Å². The Balaban J connectivity index is 1.57. The van der Waals surface area contributed by atoms with Gasteiger partial charge in [-0.15, -0.1) is 0 Å². The van der Waals surface area contributed by atoms with E-state index < -0.39 is 6.10 Å². The van der Waals surface area contributed by atoms with Crippen LogP contribution in [0.5, 0.6) is 0 Å². The molecule has 0 spiro atoms. The zero-order valence-electron chi connectivity index (χ0n) is 12.2. The lowest BCUT2D eigenvalue weighted by molar-refractivity contribution is -0.697. The SMILES string of the molecule is OC1CCC([NH2+]C[C@@H](O)COCc2ccc(Cl)cc2)CC1. The quantitative estimate of drug-likeness (QED) is 0.706. The monoisotopic (exact) mass is 314 g/mol. The van der Waals surface area contributed by atoms with Crippen LogP contribution in [0.3, 0.4) is 0 Å². The van der Waals surface area contributed by atoms with E-state index in [9.17, 15) is 10.2 Å². The molecule has 1 aromatic rings. The molecule has 4 nitrogen and oxygen atoms in total. The topological polar surface area (TPSA) is 66.3 Å². The number of nitrogens with two attached hydrogens (primary N) is 1. The number of halogens is 1. The summed E-state index contributed by atoms with van der Waals surface area (Å²) < 4.78 is 5.53. The van der Waals surface area contributed by atoms with Crippen molar-refractivity contribution in [2.24, 2.45) is 0 Å². The Hall–Kier alpha value is -0.650.